The number of benzene rings is 1. The van der Waals surface area contributed by atoms with Crippen molar-refractivity contribution < 1.29 is 13.2 Å². The minimum atomic E-state index is -0.879. The van der Waals surface area contributed by atoms with Crippen molar-refractivity contribution in [3.63, 3.8) is 0 Å². The van der Waals surface area contributed by atoms with Crippen molar-refractivity contribution in [1.29, 1.82) is 0 Å². The molecule has 1 rings (SSSR count). The van der Waals surface area contributed by atoms with Gasteiger partial charge in [0.1, 0.15) is 17.5 Å². The molecule has 0 aliphatic carbocycles. The zero-order chi connectivity index (χ0) is 13.4. The van der Waals surface area contributed by atoms with Crippen LogP contribution in [0.4, 0.5) is 13.2 Å². The smallest absolute Gasteiger partial charge is 0.132 e. The molecule has 0 saturated carbocycles. The van der Waals surface area contributed by atoms with Crippen molar-refractivity contribution in [3.8, 4) is 0 Å². The molecular formula is C14H19F3. The van der Waals surface area contributed by atoms with E-state index < -0.39 is 22.9 Å². The minimum Gasteiger partial charge on any atom is -0.207 e. The normalized spacial score (nSPS) is 12.9. The summed E-state index contributed by atoms with van der Waals surface area (Å²) in [5.41, 5.74) is -0.759. The average Bonchev–Trinajstić information content (AvgIpc) is 1.93. The van der Waals surface area contributed by atoms with Gasteiger partial charge in [-0.1, -0.05) is 34.6 Å². The maximum absolute atomic E-state index is 13.7. The quantitative estimate of drug-likeness (QED) is 0.699. The summed E-state index contributed by atoms with van der Waals surface area (Å²) in [6.45, 7) is 9.57. The third-order valence-electron chi connectivity index (χ3n) is 2.66. The molecule has 3 heteroatoms. The van der Waals surface area contributed by atoms with Gasteiger partial charge in [-0.3, -0.25) is 0 Å². The van der Waals surface area contributed by atoms with Gasteiger partial charge >= 0.3 is 0 Å². The van der Waals surface area contributed by atoms with Gasteiger partial charge in [0.25, 0.3) is 0 Å². The molecule has 0 nitrogen and oxygen atoms in total. The summed E-state index contributed by atoms with van der Waals surface area (Å²) < 4.78 is 40.3. The van der Waals surface area contributed by atoms with Gasteiger partial charge in [-0.2, -0.15) is 0 Å². The van der Waals surface area contributed by atoms with E-state index in [2.05, 4.69) is 0 Å². The molecule has 0 radical (unpaired) electrons. The molecule has 1 aromatic rings. The molecule has 0 aliphatic rings. The van der Waals surface area contributed by atoms with Gasteiger partial charge in [-0.15, -0.1) is 0 Å². The minimum absolute atomic E-state index is 0.0335. The lowest BCUT2D eigenvalue weighted by Gasteiger charge is -2.33. The Balaban J connectivity index is 3.24. The van der Waals surface area contributed by atoms with Crippen molar-refractivity contribution >= 4 is 0 Å². The zero-order valence-corrected chi connectivity index (χ0v) is 11.0. The van der Waals surface area contributed by atoms with Gasteiger partial charge in [0.15, 0.2) is 0 Å². The highest BCUT2D eigenvalue weighted by atomic mass is 19.1. The largest absolute Gasteiger partial charge is 0.207 e. The first kappa shape index (κ1) is 14.1. The summed E-state index contributed by atoms with van der Waals surface area (Å²) in [4.78, 5) is 0. The standard InChI is InChI=1S/C14H19F3/c1-13(2,3)8-14(4,5)12-10(16)6-9(15)7-11(12)17/h6-7H,8H2,1-5H3. The highest BCUT2D eigenvalue weighted by molar-refractivity contribution is 5.28. The van der Waals surface area contributed by atoms with Gasteiger partial charge in [-0.25, -0.2) is 13.2 Å². The fourth-order valence-corrected chi connectivity index (χ4v) is 2.60. The van der Waals surface area contributed by atoms with Crippen LogP contribution in [0.3, 0.4) is 0 Å². The van der Waals surface area contributed by atoms with E-state index >= 15 is 0 Å². The molecular weight excluding hydrogens is 225 g/mol. The third kappa shape index (κ3) is 3.48. The van der Waals surface area contributed by atoms with Crippen molar-refractivity contribution in [2.75, 3.05) is 0 Å². The molecule has 17 heavy (non-hydrogen) atoms. The van der Waals surface area contributed by atoms with Crippen LogP contribution in [0.15, 0.2) is 12.1 Å². The van der Waals surface area contributed by atoms with Crippen LogP contribution in [0.1, 0.15) is 46.6 Å². The molecule has 0 atom stereocenters. The van der Waals surface area contributed by atoms with Crippen LogP contribution in [-0.4, -0.2) is 0 Å². The van der Waals surface area contributed by atoms with Gasteiger partial charge in [0.2, 0.25) is 0 Å². The van der Waals surface area contributed by atoms with E-state index in [1.165, 1.54) is 0 Å². The van der Waals surface area contributed by atoms with Gasteiger partial charge in [-0.05, 0) is 17.3 Å². The van der Waals surface area contributed by atoms with Gasteiger partial charge in [0.05, 0.1) is 0 Å². The van der Waals surface area contributed by atoms with E-state index in [-0.39, 0.29) is 11.0 Å². The van der Waals surface area contributed by atoms with E-state index in [9.17, 15) is 13.2 Å². The Bertz CT molecular complexity index is 391. The monoisotopic (exact) mass is 244 g/mol. The third-order valence-corrected chi connectivity index (χ3v) is 2.66. The van der Waals surface area contributed by atoms with Crippen LogP contribution < -0.4 is 0 Å². The van der Waals surface area contributed by atoms with Crippen LogP contribution in [0.5, 0.6) is 0 Å². The molecule has 0 heterocycles. The predicted octanol–water partition coefficient (Wildman–Crippen LogP) is 4.82. The Morgan fingerprint density at radius 2 is 1.29 bits per heavy atom. The lowest BCUT2D eigenvalue weighted by Crippen LogP contribution is -2.27. The second-order valence-electron chi connectivity index (χ2n) is 6.37. The molecule has 0 aromatic heterocycles. The molecule has 0 spiro atoms. The topological polar surface area (TPSA) is 0 Å². The first-order valence-electron chi connectivity index (χ1n) is 5.68. The highest BCUT2D eigenvalue weighted by Gasteiger charge is 2.32. The molecule has 1 aromatic carbocycles. The fourth-order valence-electron chi connectivity index (χ4n) is 2.60. The molecule has 0 unspecified atom stereocenters. The predicted molar refractivity (Wildman–Crippen MR) is 63.4 cm³/mol. The van der Waals surface area contributed by atoms with E-state index in [1.807, 2.05) is 20.8 Å². The molecule has 0 fully saturated rings. The molecule has 0 amide bonds. The SMILES string of the molecule is CC(C)(C)CC(C)(C)c1c(F)cc(F)cc1F. The molecule has 96 valence electrons. The maximum atomic E-state index is 13.7. The highest BCUT2D eigenvalue weighted by Crippen LogP contribution is 2.38. The van der Waals surface area contributed by atoms with Crippen LogP contribution >= 0.6 is 0 Å². The molecule has 0 saturated heterocycles. The van der Waals surface area contributed by atoms with Gasteiger partial charge < -0.3 is 0 Å². The Kier molecular flexibility index (Phi) is 3.60. The van der Waals surface area contributed by atoms with Gasteiger partial charge in [0, 0.05) is 17.7 Å². The lowest BCUT2D eigenvalue weighted by molar-refractivity contribution is 0.272. The van der Waals surface area contributed by atoms with Crippen LogP contribution in [0.2, 0.25) is 0 Å². The lowest BCUT2D eigenvalue weighted by atomic mass is 9.72. The van der Waals surface area contributed by atoms with Crippen LogP contribution in [-0.2, 0) is 5.41 Å². The van der Waals surface area contributed by atoms with E-state index in [0.29, 0.717) is 6.42 Å². The van der Waals surface area contributed by atoms with E-state index in [4.69, 9.17) is 0 Å². The summed E-state index contributed by atoms with van der Waals surface area (Å²) in [5, 5.41) is 0. The number of hydrogen-bond acceptors (Lipinski definition) is 0. The average molecular weight is 244 g/mol. The Morgan fingerprint density at radius 3 is 1.65 bits per heavy atom. The number of halogens is 3. The first-order chi connectivity index (χ1) is 7.53. The second-order valence-corrected chi connectivity index (χ2v) is 6.37. The summed E-state index contributed by atoms with van der Waals surface area (Å²) in [7, 11) is 0. The number of rotatable bonds is 2. The summed E-state index contributed by atoms with van der Waals surface area (Å²) >= 11 is 0. The van der Waals surface area contributed by atoms with Crippen molar-refractivity contribution in [2.24, 2.45) is 5.41 Å². The Hall–Kier alpha value is -0.990. The summed E-state index contributed by atoms with van der Waals surface area (Å²) in [6.07, 6.45) is 0.611. The van der Waals surface area contributed by atoms with E-state index in [1.54, 1.807) is 13.8 Å². The van der Waals surface area contributed by atoms with Crippen molar-refractivity contribution in [1.82, 2.24) is 0 Å². The van der Waals surface area contributed by atoms with Crippen molar-refractivity contribution in [3.05, 3.63) is 35.1 Å². The molecule has 0 aliphatic heterocycles. The second kappa shape index (κ2) is 4.35. The van der Waals surface area contributed by atoms with E-state index in [0.717, 1.165) is 12.1 Å². The zero-order valence-electron chi connectivity index (χ0n) is 11.0. The fraction of sp³-hybridized carbons (Fsp3) is 0.571. The maximum Gasteiger partial charge on any atom is 0.132 e. The van der Waals surface area contributed by atoms with Crippen LogP contribution in [0.25, 0.3) is 0 Å². The Labute approximate surface area is 101 Å². The summed E-state index contributed by atoms with van der Waals surface area (Å²) in [6, 6.07) is 1.48. The Morgan fingerprint density at radius 1 is 0.882 bits per heavy atom. The molecule has 0 bridgehead atoms. The first-order valence-corrected chi connectivity index (χ1v) is 5.68. The summed E-state index contributed by atoms with van der Waals surface area (Å²) in [5.74, 6) is -2.50. The van der Waals surface area contributed by atoms with Crippen molar-refractivity contribution in [2.45, 2.75) is 46.5 Å². The number of hydrogen-bond donors (Lipinski definition) is 0. The van der Waals surface area contributed by atoms with Crippen LogP contribution in [0, 0.1) is 22.9 Å². The molecule has 0 N–H and O–H groups in total.